The number of hydrogen-bond donors (Lipinski definition) is 1. The highest BCUT2D eigenvalue weighted by Crippen LogP contribution is 2.51. The Balaban J connectivity index is 1.62. The predicted octanol–water partition coefficient (Wildman–Crippen LogP) is 4.74. The molecule has 0 saturated heterocycles. The average molecular weight is 271 g/mol. The van der Waals surface area contributed by atoms with Crippen molar-refractivity contribution in [3.63, 3.8) is 0 Å². The second-order valence-corrected chi connectivity index (χ2v) is 6.84. The molecule has 2 fully saturated rings. The molecule has 0 radical (unpaired) electrons. The van der Waals surface area contributed by atoms with Crippen molar-refractivity contribution in [2.45, 2.75) is 63.3 Å². The van der Waals surface area contributed by atoms with Gasteiger partial charge in [0, 0.05) is 6.04 Å². The van der Waals surface area contributed by atoms with E-state index in [-0.39, 0.29) is 0 Å². The van der Waals surface area contributed by atoms with Crippen molar-refractivity contribution in [1.29, 1.82) is 0 Å². The maximum Gasteiger partial charge on any atom is 0.0127 e. The summed E-state index contributed by atoms with van der Waals surface area (Å²) >= 11 is 0. The van der Waals surface area contributed by atoms with Crippen LogP contribution in [0.1, 0.15) is 62.8 Å². The van der Waals surface area contributed by atoms with Crippen molar-refractivity contribution >= 4 is 0 Å². The molecule has 20 heavy (non-hydrogen) atoms. The number of benzene rings is 1. The maximum absolute atomic E-state index is 3.68. The van der Waals surface area contributed by atoms with Crippen LogP contribution in [-0.2, 0) is 0 Å². The minimum atomic E-state index is 0.748. The normalized spacial score (nSPS) is 29.4. The molecule has 2 saturated carbocycles. The summed E-state index contributed by atoms with van der Waals surface area (Å²) in [6.45, 7) is 0. The third-order valence-electron chi connectivity index (χ3n) is 5.52. The minimum Gasteiger partial charge on any atom is -0.316 e. The van der Waals surface area contributed by atoms with Gasteiger partial charge in [0.25, 0.3) is 0 Å². The molecular formula is C19H29N. The lowest BCUT2D eigenvalue weighted by Gasteiger charge is -2.29. The SMILES string of the molecule is CNC(C1CCCCCCC1)C1CC1c1ccccc1. The van der Waals surface area contributed by atoms with Crippen LogP contribution in [0.15, 0.2) is 30.3 Å². The van der Waals surface area contributed by atoms with Crippen molar-refractivity contribution in [1.82, 2.24) is 5.32 Å². The first-order valence-electron chi connectivity index (χ1n) is 8.62. The molecule has 0 aliphatic heterocycles. The van der Waals surface area contributed by atoms with Gasteiger partial charge in [0.2, 0.25) is 0 Å². The zero-order chi connectivity index (χ0) is 13.8. The first-order valence-corrected chi connectivity index (χ1v) is 8.62. The molecule has 1 aromatic rings. The van der Waals surface area contributed by atoms with Crippen LogP contribution < -0.4 is 5.32 Å². The van der Waals surface area contributed by atoms with E-state index >= 15 is 0 Å². The standard InChI is InChI=1S/C19H29N/c1-20-19(16-12-6-3-2-4-7-13-16)18-14-17(18)15-10-8-5-9-11-15/h5,8-11,16-20H,2-4,6-7,12-14H2,1H3. The molecule has 0 amide bonds. The molecule has 1 heteroatoms. The zero-order valence-corrected chi connectivity index (χ0v) is 12.9. The topological polar surface area (TPSA) is 12.0 Å². The molecule has 0 spiro atoms. The lowest BCUT2D eigenvalue weighted by Crippen LogP contribution is -2.36. The van der Waals surface area contributed by atoms with Gasteiger partial charge in [-0.25, -0.2) is 0 Å². The van der Waals surface area contributed by atoms with Crippen molar-refractivity contribution in [3.05, 3.63) is 35.9 Å². The second kappa shape index (κ2) is 6.76. The van der Waals surface area contributed by atoms with Gasteiger partial charge < -0.3 is 5.32 Å². The first kappa shape index (κ1) is 14.1. The number of rotatable bonds is 4. The summed E-state index contributed by atoms with van der Waals surface area (Å²) in [5, 5.41) is 3.68. The molecule has 0 aromatic heterocycles. The molecule has 1 nitrogen and oxygen atoms in total. The smallest absolute Gasteiger partial charge is 0.0127 e. The summed E-state index contributed by atoms with van der Waals surface area (Å²) in [6.07, 6.45) is 11.6. The van der Waals surface area contributed by atoms with Crippen LogP contribution in [-0.4, -0.2) is 13.1 Å². The third-order valence-corrected chi connectivity index (χ3v) is 5.52. The van der Waals surface area contributed by atoms with Crippen LogP contribution >= 0.6 is 0 Å². The lowest BCUT2D eigenvalue weighted by atomic mass is 9.83. The molecule has 2 aliphatic rings. The van der Waals surface area contributed by atoms with E-state index in [1.54, 1.807) is 5.56 Å². The first-order chi connectivity index (χ1) is 9.90. The number of nitrogens with one attached hydrogen (secondary N) is 1. The molecule has 0 bridgehead atoms. The summed E-state index contributed by atoms with van der Waals surface area (Å²) in [6, 6.07) is 11.9. The van der Waals surface area contributed by atoms with E-state index in [0.29, 0.717) is 0 Å². The fourth-order valence-corrected chi connectivity index (χ4v) is 4.34. The molecule has 2 aliphatic carbocycles. The van der Waals surface area contributed by atoms with Crippen LogP contribution in [0.5, 0.6) is 0 Å². The van der Waals surface area contributed by atoms with Crippen LogP contribution in [0.4, 0.5) is 0 Å². The largest absolute Gasteiger partial charge is 0.316 e. The van der Waals surface area contributed by atoms with Crippen molar-refractivity contribution in [3.8, 4) is 0 Å². The van der Waals surface area contributed by atoms with Gasteiger partial charge in [0.1, 0.15) is 0 Å². The maximum atomic E-state index is 3.68. The van der Waals surface area contributed by atoms with Gasteiger partial charge in [-0.05, 0) is 49.6 Å². The summed E-state index contributed by atoms with van der Waals surface area (Å²) in [5.74, 6) is 2.62. The predicted molar refractivity (Wildman–Crippen MR) is 85.9 cm³/mol. The van der Waals surface area contributed by atoms with E-state index in [9.17, 15) is 0 Å². The summed E-state index contributed by atoms with van der Waals surface area (Å²) in [4.78, 5) is 0. The quantitative estimate of drug-likeness (QED) is 0.834. The van der Waals surface area contributed by atoms with E-state index < -0.39 is 0 Å². The van der Waals surface area contributed by atoms with Crippen LogP contribution in [0.3, 0.4) is 0 Å². The molecule has 3 atom stereocenters. The van der Waals surface area contributed by atoms with Gasteiger partial charge in [0.05, 0.1) is 0 Å². The fraction of sp³-hybridized carbons (Fsp3) is 0.684. The van der Waals surface area contributed by atoms with Gasteiger partial charge in [-0.15, -0.1) is 0 Å². The van der Waals surface area contributed by atoms with Gasteiger partial charge in [-0.1, -0.05) is 62.4 Å². The Morgan fingerprint density at radius 2 is 1.60 bits per heavy atom. The highest BCUT2D eigenvalue weighted by molar-refractivity contribution is 5.26. The van der Waals surface area contributed by atoms with Crippen LogP contribution in [0, 0.1) is 11.8 Å². The average Bonchev–Trinajstić information content (AvgIpc) is 3.23. The monoisotopic (exact) mass is 271 g/mol. The van der Waals surface area contributed by atoms with Crippen molar-refractivity contribution in [2.75, 3.05) is 7.05 Å². The van der Waals surface area contributed by atoms with E-state index in [1.165, 1.54) is 51.4 Å². The third kappa shape index (κ3) is 3.25. The van der Waals surface area contributed by atoms with Crippen molar-refractivity contribution in [2.24, 2.45) is 11.8 Å². The lowest BCUT2D eigenvalue weighted by molar-refractivity contribution is 0.271. The molecular weight excluding hydrogens is 242 g/mol. The summed E-state index contributed by atoms with van der Waals surface area (Å²) in [7, 11) is 2.18. The van der Waals surface area contributed by atoms with Crippen LogP contribution in [0.25, 0.3) is 0 Å². The molecule has 1 aromatic carbocycles. The summed E-state index contributed by atoms with van der Waals surface area (Å²) < 4.78 is 0. The van der Waals surface area contributed by atoms with Crippen LogP contribution in [0.2, 0.25) is 0 Å². The van der Waals surface area contributed by atoms with Crippen molar-refractivity contribution < 1.29 is 0 Å². The molecule has 110 valence electrons. The van der Waals surface area contributed by atoms with E-state index in [1.807, 2.05) is 0 Å². The van der Waals surface area contributed by atoms with Gasteiger partial charge in [0.15, 0.2) is 0 Å². The second-order valence-electron chi connectivity index (χ2n) is 6.84. The van der Waals surface area contributed by atoms with Gasteiger partial charge in [-0.2, -0.15) is 0 Å². The molecule has 3 unspecified atom stereocenters. The number of hydrogen-bond acceptors (Lipinski definition) is 1. The Morgan fingerprint density at radius 1 is 0.950 bits per heavy atom. The minimum absolute atomic E-state index is 0.748. The Bertz CT molecular complexity index is 391. The molecule has 3 rings (SSSR count). The highest BCUT2D eigenvalue weighted by Gasteiger charge is 2.45. The molecule has 1 N–H and O–H groups in total. The zero-order valence-electron chi connectivity index (χ0n) is 12.9. The van der Waals surface area contributed by atoms with E-state index in [2.05, 4.69) is 42.7 Å². The Hall–Kier alpha value is -0.820. The Morgan fingerprint density at radius 3 is 2.25 bits per heavy atom. The Kier molecular flexibility index (Phi) is 4.77. The van der Waals surface area contributed by atoms with Gasteiger partial charge in [-0.3, -0.25) is 0 Å². The van der Waals surface area contributed by atoms with Gasteiger partial charge >= 0.3 is 0 Å². The summed E-state index contributed by atoms with van der Waals surface area (Å²) in [5.41, 5.74) is 1.56. The van der Waals surface area contributed by atoms with E-state index in [4.69, 9.17) is 0 Å². The fourth-order valence-electron chi connectivity index (χ4n) is 4.34. The molecule has 0 heterocycles. The van der Waals surface area contributed by atoms with E-state index in [0.717, 1.165) is 23.8 Å². The highest BCUT2D eigenvalue weighted by atomic mass is 14.9. The Labute approximate surface area is 124 Å².